The third-order valence-corrected chi connectivity index (χ3v) is 5.09. The summed E-state index contributed by atoms with van der Waals surface area (Å²) in [4.78, 5) is 0.217. The molecule has 5 heteroatoms. The molecular formula is C17H15NO3S. The van der Waals surface area contributed by atoms with E-state index in [4.69, 9.17) is 0 Å². The fourth-order valence-corrected chi connectivity index (χ4v) is 3.58. The Kier molecular flexibility index (Phi) is 3.83. The maximum atomic E-state index is 12.6. The van der Waals surface area contributed by atoms with Gasteiger partial charge in [-0.05, 0) is 17.7 Å². The zero-order chi connectivity index (χ0) is 15.6. The molecule has 0 saturated heterocycles. The van der Waals surface area contributed by atoms with Gasteiger partial charge in [-0.3, -0.25) is 0 Å². The van der Waals surface area contributed by atoms with E-state index in [-0.39, 0.29) is 11.5 Å². The van der Waals surface area contributed by atoms with Crippen LogP contribution in [0.4, 0.5) is 0 Å². The number of hydrogen-bond acceptors (Lipinski definition) is 3. The van der Waals surface area contributed by atoms with E-state index in [0.717, 1.165) is 9.54 Å². The van der Waals surface area contributed by atoms with E-state index in [1.54, 1.807) is 36.5 Å². The summed E-state index contributed by atoms with van der Waals surface area (Å²) in [5, 5.41) is 9.52. The highest BCUT2D eigenvalue weighted by molar-refractivity contribution is 7.90. The number of aliphatic hydroxyl groups is 1. The van der Waals surface area contributed by atoms with Gasteiger partial charge in [-0.15, -0.1) is 0 Å². The van der Waals surface area contributed by atoms with Gasteiger partial charge in [0.15, 0.2) is 0 Å². The van der Waals surface area contributed by atoms with Gasteiger partial charge >= 0.3 is 0 Å². The predicted molar refractivity (Wildman–Crippen MR) is 84.8 cm³/mol. The third-order valence-electron chi connectivity index (χ3n) is 3.46. The highest BCUT2D eigenvalue weighted by Crippen LogP contribution is 2.27. The molecule has 0 aliphatic carbocycles. The average molecular weight is 313 g/mol. The van der Waals surface area contributed by atoms with Crippen molar-refractivity contribution in [3.63, 3.8) is 0 Å². The normalized spacial score (nSPS) is 11.5. The van der Waals surface area contributed by atoms with Crippen LogP contribution in [-0.4, -0.2) is 17.5 Å². The van der Waals surface area contributed by atoms with E-state index >= 15 is 0 Å². The topological polar surface area (TPSA) is 59.3 Å². The Labute approximate surface area is 129 Å². The standard InChI is InChI=1S/C17H15NO3S/c19-13-15-11-18(12-17(15)14-7-3-1-4-8-14)22(20,21)16-9-5-2-6-10-16/h1-12,19H,13H2. The van der Waals surface area contributed by atoms with Crippen LogP contribution in [0.25, 0.3) is 11.1 Å². The molecule has 0 radical (unpaired) electrons. The molecule has 0 unspecified atom stereocenters. The predicted octanol–water partition coefficient (Wildman–Crippen LogP) is 2.88. The number of aliphatic hydroxyl groups excluding tert-OH is 1. The van der Waals surface area contributed by atoms with Gasteiger partial charge in [-0.1, -0.05) is 48.5 Å². The zero-order valence-electron chi connectivity index (χ0n) is 11.8. The van der Waals surface area contributed by atoms with Crippen LogP contribution in [0, 0.1) is 0 Å². The first kappa shape index (κ1) is 14.6. The maximum Gasteiger partial charge on any atom is 0.267 e. The minimum atomic E-state index is -3.65. The van der Waals surface area contributed by atoms with Gasteiger partial charge in [0, 0.05) is 23.5 Å². The van der Waals surface area contributed by atoms with E-state index in [2.05, 4.69) is 0 Å². The lowest BCUT2D eigenvalue weighted by Crippen LogP contribution is -2.10. The molecule has 1 N–H and O–H groups in total. The molecule has 0 aliphatic heterocycles. The van der Waals surface area contributed by atoms with Gasteiger partial charge in [-0.2, -0.15) is 0 Å². The molecule has 3 rings (SSSR count). The molecule has 0 atom stereocenters. The highest BCUT2D eigenvalue weighted by atomic mass is 32.2. The Hall–Kier alpha value is -2.37. The molecule has 1 heterocycles. The Morgan fingerprint density at radius 2 is 1.45 bits per heavy atom. The lowest BCUT2D eigenvalue weighted by atomic mass is 10.1. The monoisotopic (exact) mass is 313 g/mol. The summed E-state index contributed by atoms with van der Waals surface area (Å²) in [5.74, 6) is 0. The van der Waals surface area contributed by atoms with Crippen LogP contribution in [-0.2, 0) is 16.6 Å². The van der Waals surface area contributed by atoms with Crippen molar-refractivity contribution in [2.45, 2.75) is 11.5 Å². The van der Waals surface area contributed by atoms with Crippen LogP contribution < -0.4 is 0 Å². The van der Waals surface area contributed by atoms with Gasteiger partial charge in [-0.25, -0.2) is 12.4 Å². The van der Waals surface area contributed by atoms with E-state index in [1.807, 2.05) is 30.3 Å². The molecule has 22 heavy (non-hydrogen) atoms. The van der Waals surface area contributed by atoms with Gasteiger partial charge in [0.1, 0.15) is 0 Å². The fraction of sp³-hybridized carbons (Fsp3) is 0.0588. The van der Waals surface area contributed by atoms with Crippen LogP contribution in [0.2, 0.25) is 0 Å². The van der Waals surface area contributed by atoms with Crippen molar-refractivity contribution in [2.24, 2.45) is 0 Å². The van der Waals surface area contributed by atoms with Crippen molar-refractivity contribution in [2.75, 3.05) is 0 Å². The Morgan fingerprint density at radius 1 is 0.864 bits per heavy atom. The number of hydrogen-bond donors (Lipinski definition) is 1. The summed E-state index contributed by atoms with van der Waals surface area (Å²) in [7, 11) is -3.65. The van der Waals surface area contributed by atoms with E-state index in [1.165, 1.54) is 6.20 Å². The van der Waals surface area contributed by atoms with Gasteiger partial charge in [0.05, 0.1) is 11.5 Å². The summed E-state index contributed by atoms with van der Waals surface area (Å²) in [6.07, 6.45) is 3.01. The van der Waals surface area contributed by atoms with Crippen molar-refractivity contribution < 1.29 is 13.5 Å². The summed E-state index contributed by atoms with van der Waals surface area (Å²) < 4.78 is 26.4. The van der Waals surface area contributed by atoms with Gasteiger partial charge < -0.3 is 5.11 Å². The van der Waals surface area contributed by atoms with Crippen molar-refractivity contribution in [1.29, 1.82) is 0 Å². The third kappa shape index (κ3) is 2.56. The van der Waals surface area contributed by atoms with E-state index < -0.39 is 10.0 Å². The SMILES string of the molecule is O=S(=O)(c1ccccc1)n1cc(CO)c(-c2ccccc2)c1. The molecule has 0 fully saturated rings. The number of nitrogens with zero attached hydrogens (tertiary/aromatic N) is 1. The van der Waals surface area contributed by atoms with Gasteiger partial charge in [0.2, 0.25) is 0 Å². The molecule has 0 aliphatic rings. The summed E-state index contributed by atoms with van der Waals surface area (Å²) >= 11 is 0. The van der Waals surface area contributed by atoms with Crippen LogP contribution in [0.15, 0.2) is 78.0 Å². The van der Waals surface area contributed by atoms with Crippen LogP contribution in [0.3, 0.4) is 0 Å². The average Bonchev–Trinajstić information content (AvgIpc) is 3.01. The summed E-state index contributed by atoms with van der Waals surface area (Å²) in [6, 6.07) is 17.6. The number of aromatic nitrogens is 1. The summed E-state index contributed by atoms with van der Waals surface area (Å²) in [5.41, 5.74) is 2.15. The Bertz CT molecular complexity index is 869. The number of rotatable bonds is 4. The Balaban J connectivity index is 2.13. The van der Waals surface area contributed by atoms with Crippen molar-refractivity contribution >= 4 is 10.0 Å². The summed E-state index contributed by atoms with van der Waals surface area (Å²) in [6.45, 7) is -0.221. The van der Waals surface area contributed by atoms with Crippen molar-refractivity contribution in [3.05, 3.63) is 78.6 Å². The quantitative estimate of drug-likeness (QED) is 0.805. The fourth-order valence-electron chi connectivity index (χ4n) is 2.33. The molecule has 1 aromatic heterocycles. The second kappa shape index (κ2) is 5.79. The smallest absolute Gasteiger partial charge is 0.267 e. The van der Waals surface area contributed by atoms with Crippen LogP contribution in [0.5, 0.6) is 0 Å². The molecule has 112 valence electrons. The second-order valence-corrected chi connectivity index (χ2v) is 6.71. The van der Waals surface area contributed by atoms with Gasteiger partial charge in [0.25, 0.3) is 10.0 Å². The second-order valence-electron chi connectivity index (χ2n) is 4.87. The largest absolute Gasteiger partial charge is 0.392 e. The minimum absolute atomic E-state index is 0.217. The molecule has 0 spiro atoms. The molecule has 4 nitrogen and oxygen atoms in total. The van der Waals surface area contributed by atoms with Crippen LogP contribution >= 0.6 is 0 Å². The Morgan fingerprint density at radius 3 is 2.05 bits per heavy atom. The highest BCUT2D eigenvalue weighted by Gasteiger charge is 2.19. The first-order chi connectivity index (χ1) is 10.6. The van der Waals surface area contributed by atoms with Crippen LogP contribution in [0.1, 0.15) is 5.56 Å². The van der Waals surface area contributed by atoms with E-state index in [9.17, 15) is 13.5 Å². The molecule has 3 aromatic rings. The maximum absolute atomic E-state index is 12.6. The molecule has 0 bridgehead atoms. The van der Waals surface area contributed by atoms with Crippen molar-refractivity contribution in [1.82, 2.24) is 3.97 Å². The molecule has 0 saturated carbocycles. The first-order valence-corrected chi connectivity index (χ1v) is 8.24. The van der Waals surface area contributed by atoms with E-state index in [0.29, 0.717) is 11.1 Å². The lowest BCUT2D eigenvalue weighted by molar-refractivity contribution is 0.282. The lowest BCUT2D eigenvalue weighted by Gasteiger charge is -2.05. The molecule has 0 amide bonds. The van der Waals surface area contributed by atoms with Crippen molar-refractivity contribution in [3.8, 4) is 11.1 Å². The first-order valence-electron chi connectivity index (χ1n) is 6.80. The molecule has 2 aromatic carbocycles. The number of benzene rings is 2. The molecular weight excluding hydrogens is 298 g/mol. The minimum Gasteiger partial charge on any atom is -0.392 e. The zero-order valence-corrected chi connectivity index (χ0v) is 12.6.